The van der Waals surface area contributed by atoms with Crippen LogP contribution in [-0.4, -0.2) is 72.6 Å². The summed E-state index contributed by atoms with van der Waals surface area (Å²) in [6.07, 6.45) is 1.10. The Bertz CT molecular complexity index is 2210. The van der Waals surface area contributed by atoms with Crippen LogP contribution < -0.4 is 20.4 Å². The molecule has 0 aliphatic carbocycles. The molecular formula is C42H46N4O6Si. The maximum absolute atomic E-state index is 15.0. The molecule has 1 fully saturated rings. The standard InChI is InChI=1S/C42H46N4O6Si/c1-6-22-45-36-21-16-30(46-40(49)33-14-10-11-15-35(33)43-46)25-34(36)42(41(45)50)28(2)39(53(4,5)32-19-17-31(51-3)18-20-32)37(52-42)26-38(48)44(23-24-47)27-29-12-8-7-9-13-29/h6-21,25,28,37,39,43,47H,1,22-24,26-27H2,2-5H3/t28-,37+,39-,42+/m1/s1. The van der Waals surface area contributed by atoms with E-state index in [2.05, 4.69) is 43.8 Å². The second-order valence-corrected chi connectivity index (χ2v) is 19.3. The normalized spacial score (nSPS) is 21.0. The van der Waals surface area contributed by atoms with E-state index in [1.54, 1.807) is 29.1 Å². The van der Waals surface area contributed by atoms with Crippen molar-refractivity contribution in [2.45, 2.75) is 50.2 Å². The van der Waals surface area contributed by atoms with Crippen molar-refractivity contribution in [3.8, 4) is 11.4 Å². The summed E-state index contributed by atoms with van der Waals surface area (Å²) in [6.45, 7) is 11.2. The molecule has 53 heavy (non-hydrogen) atoms. The van der Waals surface area contributed by atoms with Gasteiger partial charge in [-0.25, -0.2) is 4.68 Å². The van der Waals surface area contributed by atoms with Crippen molar-refractivity contribution in [1.29, 1.82) is 0 Å². The molecule has 2 aliphatic heterocycles. The van der Waals surface area contributed by atoms with Gasteiger partial charge in [-0.1, -0.05) is 85.9 Å². The molecule has 2 N–H and O–H groups in total. The fourth-order valence-electron chi connectivity index (χ4n) is 8.71. The first-order valence-electron chi connectivity index (χ1n) is 18.1. The topological polar surface area (TPSA) is 117 Å². The van der Waals surface area contributed by atoms with Gasteiger partial charge in [-0.05, 0) is 53.6 Å². The zero-order chi connectivity index (χ0) is 37.5. The van der Waals surface area contributed by atoms with Gasteiger partial charge in [0.15, 0.2) is 5.60 Å². The van der Waals surface area contributed by atoms with Gasteiger partial charge in [0.1, 0.15) is 5.75 Å². The third-order valence-corrected chi connectivity index (χ3v) is 15.7. The number of aliphatic hydroxyl groups excluding tert-OH is 1. The number of benzene rings is 4. The van der Waals surface area contributed by atoms with Gasteiger partial charge in [-0.3, -0.25) is 19.5 Å². The maximum Gasteiger partial charge on any atom is 0.279 e. The number of nitrogens with zero attached hydrogens (tertiary/aromatic N) is 3. The molecule has 274 valence electrons. The average molecular weight is 731 g/mol. The fourth-order valence-corrected chi connectivity index (χ4v) is 12.7. The molecule has 2 amide bonds. The van der Waals surface area contributed by atoms with Crippen LogP contribution in [0.2, 0.25) is 18.6 Å². The van der Waals surface area contributed by atoms with E-state index >= 15 is 0 Å². The molecule has 1 spiro atoms. The summed E-state index contributed by atoms with van der Waals surface area (Å²) < 4.78 is 14.2. The smallest absolute Gasteiger partial charge is 0.279 e. The Morgan fingerprint density at radius 2 is 1.75 bits per heavy atom. The molecule has 0 saturated carbocycles. The number of nitrogens with one attached hydrogen (secondary N) is 1. The largest absolute Gasteiger partial charge is 0.497 e. The van der Waals surface area contributed by atoms with Crippen LogP contribution in [0.4, 0.5) is 5.69 Å². The Morgan fingerprint density at radius 1 is 1.04 bits per heavy atom. The number of amides is 2. The van der Waals surface area contributed by atoms with Gasteiger partial charge in [0.25, 0.3) is 11.5 Å². The molecule has 2 aliphatic rings. The Morgan fingerprint density at radius 3 is 2.43 bits per heavy atom. The number of hydrogen-bond donors (Lipinski definition) is 2. The minimum atomic E-state index is -2.55. The van der Waals surface area contributed by atoms with E-state index < -0.39 is 19.8 Å². The van der Waals surface area contributed by atoms with Crippen LogP contribution in [0.25, 0.3) is 16.6 Å². The van der Waals surface area contributed by atoms with Crippen molar-refractivity contribution in [2.75, 3.05) is 31.7 Å². The number of aromatic amines is 1. The molecule has 4 aromatic carbocycles. The molecule has 7 rings (SSSR count). The summed E-state index contributed by atoms with van der Waals surface area (Å²) in [4.78, 5) is 46.3. The van der Waals surface area contributed by atoms with Crippen LogP contribution in [0.1, 0.15) is 24.5 Å². The number of hydrogen-bond acceptors (Lipinski definition) is 6. The van der Waals surface area contributed by atoms with Crippen molar-refractivity contribution in [3.63, 3.8) is 0 Å². The van der Waals surface area contributed by atoms with Crippen LogP contribution in [0.3, 0.4) is 0 Å². The first kappa shape index (κ1) is 36.1. The highest BCUT2D eigenvalue weighted by atomic mass is 28.3. The number of para-hydroxylation sites is 1. The van der Waals surface area contributed by atoms with Crippen LogP contribution in [0, 0.1) is 5.92 Å². The number of H-pyrrole nitrogens is 1. The van der Waals surface area contributed by atoms with E-state index in [1.807, 2.05) is 78.9 Å². The molecule has 5 aromatic rings. The van der Waals surface area contributed by atoms with Crippen molar-refractivity contribution in [1.82, 2.24) is 14.7 Å². The number of aromatic nitrogens is 2. The average Bonchev–Trinajstić information content (AvgIpc) is 3.75. The Kier molecular flexibility index (Phi) is 9.75. The predicted molar refractivity (Wildman–Crippen MR) is 210 cm³/mol. The first-order valence-corrected chi connectivity index (χ1v) is 21.1. The van der Waals surface area contributed by atoms with E-state index in [0.29, 0.717) is 34.4 Å². The lowest BCUT2D eigenvalue weighted by atomic mass is 9.82. The molecule has 0 radical (unpaired) electrons. The summed E-state index contributed by atoms with van der Waals surface area (Å²) in [6, 6.07) is 30.7. The van der Waals surface area contributed by atoms with Crippen molar-refractivity contribution in [2.24, 2.45) is 5.92 Å². The highest BCUT2D eigenvalue weighted by Gasteiger charge is 2.66. The molecule has 11 heteroatoms. The number of aliphatic hydroxyl groups is 1. The zero-order valence-corrected chi connectivity index (χ0v) is 31.6. The summed E-state index contributed by atoms with van der Waals surface area (Å²) in [5.74, 6) is 0.0173. The second kappa shape index (κ2) is 14.3. The quantitative estimate of drug-likeness (QED) is 0.130. The molecule has 0 unspecified atom stereocenters. The lowest BCUT2D eigenvalue weighted by molar-refractivity contribution is -0.149. The van der Waals surface area contributed by atoms with E-state index in [0.717, 1.165) is 16.5 Å². The van der Waals surface area contributed by atoms with Crippen molar-refractivity contribution >= 4 is 41.7 Å². The van der Waals surface area contributed by atoms with Gasteiger partial charge >= 0.3 is 0 Å². The lowest BCUT2D eigenvalue weighted by Crippen LogP contribution is -2.52. The number of fused-ring (bicyclic) bond motifs is 3. The van der Waals surface area contributed by atoms with Crippen molar-refractivity contribution in [3.05, 3.63) is 131 Å². The predicted octanol–water partition coefficient (Wildman–Crippen LogP) is 5.49. The Balaban J connectivity index is 1.35. The number of carbonyl (C=O) groups is 2. The van der Waals surface area contributed by atoms with Gasteiger partial charge in [0, 0.05) is 31.1 Å². The van der Waals surface area contributed by atoms with Crippen molar-refractivity contribution < 1.29 is 24.2 Å². The van der Waals surface area contributed by atoms with Gasteiger partial charge in [-0.2, -0.15) is 0 Å². The highest BCUT2D eigenvalue weighted by Crippen LogP contribution is 2.60. The van der Waals surface area contributed by atoms with Gasteiger partial charge in [-0.15, -0.1) is 6.58 Å². The molecule has 4 atom stereocenters. The minimum absolute atomic E-state index is 0.0292. The number of rotatable bonds is 12. The number of methoxy groups -OCH3 is 1. The van der Waals surface area contributed by atoms with Gasteiger partial charge in [0.2, 0.25) is 5.91 Å². The SMILES string of the molecule is C=CCN1C(=O)[C@@]2(O[C@@H](CC(=O)N(CCO)Cc3ccccc3)[C@H]([Si](C)(C)c3ccc(OC)cc3)[C@H]2C)c2cc(-n3[nH]c4ccccc4c3=O)ccc21. The molecule has 10 nitrogen and oxygen atoms in total. The van der Waals surface area contributed by atoms with Crippen LogP contribution in [-0.2, 0) is 26.5 Å². The molecule has 0 bridgehead atoms. The van der Waals surface area contributed by atoms with E-state index in [9.17, 15) is 19.5 Å². The fraction of sp³-hybridized carbons (Fsp3) is 0.310. The van der Waals surface area contributed by atoms with Crippen LogP contribution >= 0.6 is 0 Å². The third-order valence-electron chi connectivity index (χ3n) is 11.3. The summed E-state index contributed by atoms with van der Waals surface area (Å²) in [5, 5.41) is 14.9. The first-order chi connectivity index (χ1) is 25.5. The molecule has 1 saturated heterocycles. The molecule has 1 aromatic heterocycles. The molecule has 3 heterocycles. The maximum atomic E-state index is 15.0. The van der Waals surface area contributed by atoms with E-state index in [-0.39, 0.29) is 54.9 Å². The van der Waals surface area contributed by atoms with Crippen LogP contribution in [0.15, 0.2) is 115 Å². The monoisotopic (exact) mass is 730 g/mol. The summed E-state index contributed by atoms with van der Waals surface area (Å²) >= 11 is 0. The number of anilines is 1. The van der Waals surface area contributed by atoms with E-state index in [1.165, 1.54) is 4.68 Å². The van der Waals surface area contributed by atoms with Crippen LogP contribution in [0.5, 0.6) is 5.75 Å². The number of ether oxygens (including phenoxy) is 2. The summed E-state index contributed by atoms with van der Waals surface area (Å²) in [5.41, 5.74) is 1.77. The van der Waals surface area contributed by atoms with Gasteiger partial charge in [0.05, 0.1) is 56.6 Å². The van der Waals surface area contributed by atoms with Gasteiger partial charge < -0.3 is 24.4 Å². The highest BCUT2D eigenvalue weighted by molar-refractivity contribution is 6.91. The third kappa shape index (κ3) is 6.12. The minimum Gasteiger partial charge on any atom is -0.497 e. The Labute approximate surface area is 310 Å². The lowest BCUT2D eigenvalue weighted by Gasteiger charge is -2.37. The van der Waals surface area contributed by atoms with E-state index in [4.69, 9.17) is 9.47 Å². The second-order valence-electron chi connectivity index (χ2n) is 14.6. The Hall–Kier alpha value is -5.23. The zero-order valence-electron chi connectivity index (χ0n) is 30.6. The number of carbonyl (C=O) groups excluding carboxylic acids is 2. The molecular weight excluding hydrogens is 685 g/mol. The summed E-state index contributed by atoms with van der Waals surface area (Å²) in [7, 11) is -0.910.